The summed E-state index contributed by atoms with van der Waals surface area (Å²) in [6, 6.07) is 21.7. The Morgan fingerprint density at radius 2 is 1.74 bits per heavy atom. The molecule has 0 spiro atoms. The number of hydrogen-bond acceptors (Lipinski definition) is 8. The monoisotopic (exact) mass is 502 g/mol. The fraction of sp³-hybridized carbons (Fsp3) is 0.0435. The second kappa shape index (κ2) is 8.98. The molecule has 0 fully saturated rings. The van der Waals surface area contributed by atoms with Crippen molar-refractivity contribution in [3.05, 3.63) is 89.0 Å². The quantitative estimate of drug-likeness (QED) is 0.282. The van der Waals surface area contributed by atoms with Crippen LogP contribution < -0.4 is 0 Å². The van der Waals surface area contributed by atoms with E-state index in [4.69, 9.17) is 11.6 Å². The van der Waals surface area contributed by atoms with Crippen LogP contribution in [-0.2, 0) is 6.54 Å². The van der Waals surface area contributed by atoms with Crippen LogP contribution in [0.1, 0.15) is 5.56 Å². The van der Waals surface area contributed by atoms with Crippen LogP contribution in [0.15, 0.2) is 88.6 Å². The zero-order valence-electron chi connectivity index (χ0n) is 17.5. The average molecular weight is 503 g/mol. The predicted octanol–water partition coefficient (Wildman–Crippen LogP) is 5.38. The lowest BCUT2D eigenvalue weighted by Crippen LogP contribution is -2.03. The van der Waals surface area contributed by atoms with Crippen molar-refractivity contribution in [2.75, 3.05) is 0 Å². The van der Waals surface area contributed by atoms with E-state index in [2.05, 4.69) is 30.5 Å². The third kappa shape index (κ3) is 3.85. The summed E-state index contributed by atoms with van der Waals surface area (Å²) in [5.41, 5.74) is 3.13. The largest absolute Gasteiger partial charge is 0.269 e. The lowest BCUT2D eigenvalue weighted by Gasteiger charge is -2.09. The third-order valence-corrected chi connectivity index (χ3v) is 7.30. The zero-order valence-corrected chi connectivity index (χ0v) is 19.9. The van der Waals surface area contributed by atoms with Gasteiger partial charge in [0.15, 0.2) is 17.0 Å². The van der Waals surface area contributed by atoms with Crippen LogP contribution in [0.5, 0.6) is 0 Å². The van der Waals surface area contributed by atoms with Crippen LogP contribution in [0.25, 0.3) is 27.6 Å². The molecule has 166 valence electrons. The van der Waals surface area contributed by atoms with Crippen molar-refractivity contribution in [2.24, 2.45) is 0 Å². The lowest BCUT2D eigenvalue weighted by molar-refractivity contribution is 0.664. The van der Waals surface area contributed by atoms with Gasteiger partial charge in [-0.3, -0.25) is 4.57 Å². The number of halogens is 1. The van der Waals surface area contributed by atoms with Crippen molar-refractivity contribution >= 4 is 45.9 Å². The summed E-state index contributed by atoms with van der Waals surface area (Å²) in [6.07, 6.45) is 1.51. The van der Waals surface area contributed by atoms with Gasteiger partial charge in [0.2, 0.25) is 5.16 Å². The first kappa shape index (κ1) is 21.0. The molecule has 0 unspecified atom stereocenters. The Hall–Kier alpha value is -3.60. The first-order valence-electron chi connectivity index (χ1n) is 10.3. The SMILES string of the molecule is Clc1ccccc1Cn1nnc2c(Sc3nnc(-c4cccs4)n3-c3ccccc3)ncnc21. The summed E-state index contributed by atoms with van der Waals surface area (Å²) in [7, 11) is 0. The van der Waals surface area contributed by atoms with Crippen LogP contribution >= 0.6 is 34.7 Å². The van der Waals surface area contributed by atoms with E-state index in [-0.39, 0.29) is 0 Å². The van der Waals surface area contributed by atoms with Crippen LogP contribution in [0.3, 0.4) is 0 Å². The Kier molecular flexibility index (Phi) is 5.54. The van der Waals surface area contributed by atoms with E-state index in [1.165, 1.54) is 18.1 Å². The summed E-state index contributed by atoms with van der Waals surface area (Å²) >= 11 is 9.33. The predicted molar refractivity (Wildman–Crippen MR) is 132 cm³/mol. The molecule has 0 amide bonds. The van der Waals surface area contributed by atoms with E-state index >= 15 is 0 Å². The van der Waals surface area contributed by atoms with Crippen molar-refractivity contribution in [3.8, 4) is 16.4 Å². The number of nitrogens with zero attached hydrogens (tertiary/aromatic N) is 8. The van der Waals surface area contributed by atoms with Gasteiger partial charge in [0.05, 0.1) is 11.4 Å². The topological polar surface area (TPSA) is 87.2 Å². The van der Waals surface area contributed by atoms with Gasteiger partial charge in [0, 0.05) is 10.7 Å². The first-order valence-corrected chi connectivity index (χ1v) is 12.4. The number of rotatable bonds is 6. The molecule has 4 heterocycles. The third-order valence-electron chi connectivity index (χ3n) is 5.12. The van der Waals surface area contributed by atoms with Gasteiger partial charge in [-0.1, -0.05) is 59.3 Å². The Bertz CT molecular complexity index is 1580. The molecule has 0 atom stereocenters. The molecule has 2 aromatic carbocycles. The van der Waals surface area contributed by atoms with Gasteiger partial charge in [-0.15, -0.1) is 26.6 Å². The maximum atomic E-state index is 6.34. The molecule has 0 radical (unpaired) electrons. The average Bonchev–Trinajstić information content (AvgIpc) is 3.62. The highest BCUT2D eigenvalue weighted by Crippen LogP contribution is 2.34. The summed E-state index contributed by atoms with van der Waals surface area (Å²) in [4.78, 5) is 9.93. The van der Waals surface area contributed by atoms with Gasteiger partial charge in [0.25, 0.3) is 0 Å². The molecule has 0 saturated heterocycles. The Morgan fingerprint density at radius 1 is 0.882 bits per heavy atom. The Balaban J connectivity index is 1.41. The van der Waals surface area contributed by atoms with Crippen LogP contribution in [0.2, 0.25) is 5.02 Å². The summed E-state index contributed by atoms with van der Waals surface area (Å²) in [6.45, 7) is 0.458. The number of thiophene rings is 1. The first-order chi connectivity index (χ1) is 16.8. The number of para-hydroxylation sites is 1. The highest BCUT2D eigenvalue weighted by Gasteiger charge is 2.21. The van der Waals surface area contributed by atoms with Crippen molar-refractivity contribution in [1.82, 2.24) is 39.7 Å². The molecule has 6 aromatic rings. The van der Waals surface area contributed by atoms with Gasteiger partial charge in [-0.25, -0.2) is 14.6 Å². The second-order valence-electron chi connectivity index (χ2n) is 7.25. The van der Waals surface area contributed by atoms with E-state index in [0.717, 1.165) is 22.0 Å². The van der Waals surface area contributed by atoms with Crippen LogP contribution in [0, 0.1) is 0 Å². The highest BCUT2D eigenvalue weighted by molar-refractivity contribution is 7.99. The summed E-state index contributed by atoms with van der Waals surface area (Å²) in [5.74, 6) is 0.774. The molecule has 0 aliphatic carbocycles. The van der Waals surface area contributed by atoms with Gasteiger partial charge >= 0.3 is 0 Å². The standard InChI is InChI=1S/C23H15ClN8S2/c24-17-10-5-4-7-15(17)13-31-21-19(27-30-31)22(26-14-25-21)34-23-29-28-20(18-11-6-12-33-18)32(23)16-8-2-1-3-9-16/h1-12,14H,13H2. The molecular weight excluding hydrogens is 488 g/mol. The van der Waals surface area contributed by atoms with Crippen LogP contribution in [-0.4, -0.2) is 39.7 Å². The molecule has 0 aliphatic rings. The molecule has 8 nitrogen and oxygen atoms in total. The fourth-order valence-corrected chi connectivity index (χ4v) is 5.30. The number of hydrogen-bond donors (Lipinski definition) is 0. The van der Waals surface area contributed by atoms with Gasteiger partial charge in [0.1, 0.15) is 11.4 Å². The Morgan fingerprint density at radius 3 is 2.56 bits per heavy atom. The molecule has 11 heteroatoms. The van der Waals surface area contributed by atoms with E-state index in [0.29, 0.717) is 32.9 Å². The molecule has 0 N–H and O–H groups in total. The molecule has 0 bridgehead atoms. The molecule has 0 saturated carbocycles. The molecule has 34 heavy (non-hydrogen) atoms. The van der Waals surface area contributed by atoms with Gasteiger partial charge in [-0.05, 0) is 47.0 Å². The smallest absolute Gasteiger partial charge is 0.202 e. The van der Waals surface area contributed by atoms with E-state index in [9.17, 15) is 0 Å². The van der Waals surface area contributed by atoms with Crippen molar-refractivity contribution < 1.29 is 0 Å². The van der Waals surface area contributed by atoms with E-state index < -0.39 is 0 Å². The molecule has 0 aliphatic heterocycles. The summed E-state index contributed by atoms with van der Waals surface area (Å²) in [5, 5.41) is 21.7. The fourth-order valence-electron chi connectivity index (χ4n) is 3.54. The van der Waals surface area contributed by atoms with Gasteiger partial charge in [-0.2, -0.15) is 0 Å². The Labute approximate surface area is 207 Å². The molecule has 6 rings (SSSR count). The number of aromatic nitrogens is 8. The van der Waals surface area contributed by atoms with Crippen molar-refractivity contribution in [2.45, 2.75) is 16.7 Å². The molecule has 4 aromatic heterocycles. The molecular formula is C23H15ClN8S2. The second-order valence-corrected chi connectivity index (χ2v) is 9.56. The maximum absolute atomic E-state index is 6.34. The normalized spacial score (nSPS) is 11.3. The highest BCUT2D eigenvalue weighted by atomic mass is 35.5. The zero-order chi connectivity index (χ0) is 22.9. The minimum Gasteiger partial charge on any atom is -0.269 e. The van der Waals surface area contributed by atoms with E-state index in [1.54, 1.807) is 16.0 Å². The van der Waals surface area contributed by atoms with Crippen LogP contribution in [0.4, 0.5) is 0 Å². The number of benzene rings is 2. The lowest BCUT2D eigenvalue weighted by atomic mass is 10.2. The minimum atomic E-state index is 0.458. The van der Waals surface area contributed by atoms with E-state index in [1.807, 2.05) is 76.7 Å². The summed E-state index contributed by atoms with van der Waals surface area (Å²) < 4.78 is 3.75. The number of fused-ring (bicyclic) bond motifs is 1. The van der Waals surface area contributed by atoms with Crippen molar-refractivity contribution in [3.63, 3.8) is 0 Å². The van der Waals surface area contributed by atoms with Crippen molar-refractivity contribution in [1.29, 1.82) is 0 Å². The maximum Gasteiger partial charge on any atom is 0.202 e. The minimum absolute atomic E-state index is 0.458. The van der Waals surface area contributed by atoms with Gasteiger partial charge < -0.3 is 0 Å².